The van der Waals surface area contributed by atoms with Crippen molar-refractivity contribution >= 4 is 56.4 Å². The van der Waals surface area contributed by atoms with Crippen molar-refractivity contribution in [2.75, 3.05) is 31.4 Å². The van der Waals surface area contributed by atoms with E-state index in [0.29, 0.717) is 24.3 Å². The Kier molecular flexibility index (Phi) is 22.8. The molecule has 1 atom stereocenters. The summed E-state index contributed by atoms with van der Waals surface area (Å²) in [6.45, 7) is 0.486. The van der Waals surface area contributed by atoms with Crippen LogP contribution in [0, 0.1) is 0 Å². The molecule has 0 fully saturated rings. The van der Waals surface area contributed by atoms with Gasteiger partial charge in [0.05, 0.1) is 17.8 Å². The van der Waals surface area contributed by atoms with Crippen molar-refractivity contribution in [3.63, 3.8) is 0 Å². The van der Waals surface area contributed by atoms with Crippen molar-refractivity contribution in [3.05, 3.63) is 29.8 Å². The van der Waals surface area contributed by atoms with Crippen LogP contribution in [0.15, 0.2) is 24.3 Å². The molecule has 0 saturated heterocycles. The SMILES string of the molecule is N[C@@H](Cc1ccc([N+](C=O)(CCCl)CCCl)cc1)C(=O)NCCCC(O)(P(=O)(O)O)P(=O)(O)O.[H-].[H-].[H-].[Na+].[Na+].[Na+]. The Balaban J connectivity index is -0.000000482. The second-order valence-corrected chi connectivity index (χ2v) is 12.5. The molecule has 37 heavy (non-hydrogen) atoms. The minimum Gasteiger partial charge on any atom is -1.00 e. The van der Waals surface area contributed by atoms with Crippen LogP contribution in [0.5, 0.6) is 0 Å². The summed E-state index contributed by atoms with van der Waals surface area (Å²) in [6.07, 6.45) is -0.362. The monoisotopic (exact) mass is 636 g/mol. The molecule has 0 heterocycles. The van der Waals surface area contributed by atoms with Crippen LogP contribution in [0.25, 0.3) is 0 Å². The fourth-order valence-corrected chi connectivity index (χ4v) is 6.10. The van der Waals surface area contributed by atoms with E-state index in [-0.39, 0.29) is 129 Å². The quantitative estimate of drug-likeness (QED) is 0.0242. The zero-order valence-corrected chi connectivity index (χ0v) is 30.5. The number of quaternary nitrogens is 1. The van der Waals surface area contributed by atoms with E-state index in [4.69, 9.17) is 48.5 Å². The van der Waals surface area contributed by atoms with Gasteiger partial charge in [-0.3, -0.25) is 13.9 Å². The number of carbonyl (C=O) groups excluding carboxylic acids is 2. The van der Waals surface area contributed by atoms with Crippen molar-refractivity contribution in [3.8, 4) is 0 Å². The average Bonchev–Trinajstić information content (AvgIpc) is 2.75. The van der Waals surface area contributed by atoms with Gasteiger partial charge in [-0.2, -0.15) is 0 Å². The van der Waals surface area contributed by atoms with E-state index in [1.54, 1.807) is 24.3 Å². The number of halogens is 2. The molecule has 19 heteroatoms. The first-order valence-electron chi connectivity index (χ1n) is 10.1. The Morgan fingerprint density at radius 3 is 1.89 bits per heavy atom. The molecular formula is C18H33Cl2N3Na3O9P2+. The topological polar surface area (TPSA) is 207 Å². The molecule has 8 N–H and O–H groups in total. The van der Waals surface area contributed by atoms with Crippen molar-refractivity contribution in [1.82, 2.24) is 9.80 Å². The molecule has 0 saturated carbocycles. The summed E-state index contributed by atoms with van der Waals surface area (Å²) in [5.41, 5.74) is 7.28. The molecule has 2 amide bonds. The third-order valence-electron chi connectivity index (χ3n) is 5.33. The molecule has 0 aromatic heterocycles. The Labute approximate surface area is 296 Å². The van der Waals surface area contributed by atoms with Gasteiger partial charge in [0.2, 0.25) is 5.91 Å². The van der Waals surface area contributed by atoms with Gasteiger partial charge < -0.3 is 40.0 Å². The first-order chi connectivity index (χ1) is 15.7. The van der Waals surface area contributed by atoms with Crippen molar-refractivity contribution < 1.29 is 136 Å². The van der Waals surface area contributed by atoms with Gasteiger partial charge in [-0.25, -0.2) is 9.28 Å². The number of nitrogens with two attached hydrogens (primary N) is 1. The Hall–Kier alpha value is 2.12. The molecule has 0 aliphatic heterocycles. The first-order valence-corrected chi connectivity index (χ1v) is 14.4. The minimum absolute atomic E-state index is 0. The predicted octanol–water partition coefficient (Wildman–Crippen LogP) is -8.25. The molecule has 0 unspecified atom stereocenters. The van der Waals surface area contributed by atoms with Crippen molar-refractivity contribution in [1.29, 1.82) is 0 Å². The van der Waals surface area contributed by atoms with Crippen molar-refractivity contribution in [2.45, 2.75) is 30.4 Å². The number of hydrogen-bond acceptors (Lipinski definition) is 6. The summed E-state index contributed by atoms with van der Waals surface area (Å²) in [4.78, 5) is 60.4. The zero-order chi connectivity index (χ0) is 26.2. The fourth-order valence-electron chi connectivity index (χ4n) is 3.24. The number of nitrogens with one attached hydrogen (secondary N) is 1. The third kappa shape index (κ3) is 12.5. The van der Waals surface area contributed by atoms with Crippen LogP contribution in [0.3, 0.4) is 0 Å². The molecule has 1 rings (SSSR count). The number of carbonyl (C=O) groups is 2. The number of rotatable bonds is 15. The van der Waals surface area contributed by atoms with E-state index in [0.717, 1.165) is 6.41 Å². The van der Waals surface area contributed by atoms with Gasteiger partial charge in [-0.15, -0.1) is 23.2 Å². The zero-order valence-electron chi connectivity index (χ0n) is 24.2. The Morgan fingerprint density at radius 2 is 1.51 bits per heavy atom. The molecule has 0 aliphatic carbocycles. The molecule has 0 spiro atoms. The Bertz CT molecular complexity index is 926. The third-order valence-corrected chi connectivity index (χ3v) is 9.55. The normalized spacial score (nSPS) is 12.9. The smallest absolute Gasteiger partial charge is 1.00 e. The predicted molar refractivity (Wildman–Crippen MR) is 132 cm³/mol. The summed E-state index contributed by atoms with van der Waals surface area (Å²) in [6, 6.07) is 5.87. The van der Waals surface area contributed by atoms with Gasteiger partial charge >= 0.3 is 110 Å². The fraction of sp³-hybridized carbons (Fsp3) is 0.556. The van der Waals surface area contributed by atoms with E-state index in [2.05, 4.69) is 5.32 Å². The molecular weight excluding hydrogens is 604 g/mol. The van der Waals surface area contributed by atoms with E-state index in [9.17, 15) is 23.8 Å². The largest absolute Gasteiger partial charge is 1.00 e. The average molecular weight is 637 g/mol. The summed E-state index contributed by atoms with van der Waals surface area (Å²) in [7, 11) is -11.1. The van der Waals surface area contributed by atoms with Crippen LogP contribution in [-0.4, -0.2) is 79.5 Å². The standard InChI is InChI=1S/C18H29Cl2N3O9P2.3Na.3H/c19-7-10-23(13-24,11-8-20)15-4-2-14(3-5-15)12-16(21)17(25)22-9-1-6-18(26,33(27,28)29)34(30,31)32;;;;;;/h2-5,13,16,26H,1,6-12,21H2,(H4-,22,25,27,28,29,30,31,32);;;;;;/q;3*+1;3*-1/p+1/t16-;;;;;;/m0....../s1. The second-order valence-electron chi connectivity index (χ2n) is 7.70. The molecule has 200 valence electrons. The van der Waals surface area contributed by atoms with Gasteiger partial charge in [-0.05, 0) is 30.5 Å². The van der Waals surface area contributed by atoms with E-state index in [1.807, 2.05) is 0 Å². The summed E-state index contributed by atoms with van der Waals surface area (Å²) < 4.78 is 22.6. The number of benzene rings is 1. The maximum Gasteiger partial charge on any atom is 1.00 e. The Morgan fingerprint density at radius 1 is 1.05 bits per heavy atom. The molecule has 1 aromatic carbocycles. The van der Waals surface area contributed by atoms with Gasteiger partial charge in [0.15, 0.2) is 0 Å². The molecule has 1 aromatic rings. The van der Waals surface area contributed by atoms with Crippen LogP contribution in [-0.2, 0) is 25.1 Å². The molecule has 12 nitrogen and oxygen atoms in total. The van der Waals surface area contributed by atoms with E-state index in [1.165, 1.54) is 0 Å². The number of aliphatic hydroxyl groups is 1. The van der Waals surface area contributed by atoms with Gasteiger partial charge in [0.25, 0.3) is 5.08 Å². The van der Waals surface area contributed by atoms with Crippen LogP contribution in [0.1, 0.15) is 22.7 Å². The minimum atomic E-state index is -5.55. The van der Waals surface area contributed by atoms with Crippen LogP contribution in [0.2, 0.25) is 0 Å². The van der Waals surface area contributed by atoms with E-state index < -0.39 is 38.6 Å². The number of amides is 2. The van der Waals surface area contributed by atoms with Gasteiger partial charge in [-0.1, -0.05) is 12.1 Å². The maximum absolute atomic E-state index is 12.2. The number of hydrogen-bond donors (Lipinski definition) is 7. The molecule has 0 bridgehead atoms. The molecule has 0 aliphatic rings. The van der Waals surface area contributed by atoms with Crippen molar-refractivity contribution in [2.24, 2.45) is 5.73 Å². The second kappa shape index (κ2) is 19.3. The molecule has 0 radical (unpaired) electrons. The first kappa shape index (κ1) is 43.6. The summed E-state index contributed by atoms with van der Waals surface area (Å²) in [5, 5.41) is 8.68. The summed E-state index contributed by atoms with van der Waals surface area (Å²) in [5.74, 6) is -0.105. The van der Waals surface area contributed by atoms with E-state index >= 15 is 0 Å². The number of alkyl halides is 2. The number of nitrogens with zero attached hydrogens (tertiary/aromatic N) is 1. The summed E-state index contributed by atoms with van der Waals surface area (Å²) >= 11 is 11.7. The van der Waals surface area contributed by atoms with Crippen LogP contribution < -0.4 is 104 Å². The van der Waals surface area contributed by atoms with Crippen LogP contribution in [0.4, 0.5) is 5.69 Å². The maximum atomic E-state index is 12.2. The van der Waals surface area contributed by atoms with Gasteiger partial charge in [0, 0.05) is 13.0 Å². The van der Waals surface area contributed by atoms with Crippen LogP contribution >= 0.6 is 38.4 Å². The van der Waals surface area contributed by atoms with Gasteiger partial charge in [0.1, 0.15) is 18.8 Å².